The van der Waals surface area contributed by atoms with Crippen LogP contribution in [-0.4, -0.2) is 21.3 Å². The molecular weight excluding hydrogens is 226 g/mol. The van der Waals surface area contributed by atoms with Crippen molar-refractivity contribution in [2.75, 3.05) is 17.2 Å². The number of hydrogen-bond donors (Lipinski definition) is 1. The van der Waals surface area contributed by atoms with Crippen molar-refractivity contribution in [2.24, 2.45) is 7.05 Å². The molecular formula is C13H19N5. The summed E-state index contributed by atoms with van der Waals surface area (Å²) in [5.74, 6) is 0.979. The van der Waals surface area contributed by atoms with E-state index in [1.54, 1.807) is 12.4 Å². The molecule has 5 nitrogen and oxygen atoms in total. The molecule has 0 saturated heterocycles. The molecule has 0 aliphatic carbocycles. The molecule has 96 valence electrons. The van der Waals surface area contributed by atoms with E-state index in [4.69, 9.17) is 5.73 Å². The molecule has 0 radical (unpaired) electrons. The minimum Gasteiger partial charge on any atom is -0.394 e. The first kappa shape index (κ1) is 12.4. The summed E-state index contributed by atoms with van der Waals surface area (Å²) in [6.07, 6.45) is 3.61. The zero-order valence-electron chi connectivity index (χ0n) is 11.1. The van der Waals surface area contributed by atoms with E-state index >= 15 is 0 Å². The van der Waals surface area contributed by atoms with E-state index in [-0.39, 0.29) is 0 Å². The number of aromatic nitrogens is 3. The average molecular weight is 245 g/mol. The lowest BCUT2D eigenvalue weighted by atomic mass is 10.2. The Bertz CT molecular complexity index is 518. The number of nitrogens with zero attached hydrogens (tertiary/aromatic N) is 4. The van der Waals surface area contributed by atoms with Crippen LogP contribution in [0.15, 0.2) is 24.5 Å². The molecule has 0 amide bonds. The third-order valence-corrected chi connectivity index (χ3v) is 3.04. The third kappa shape index (κ3) is 2.30. The Hall–Kier alpha value is -2.04. The molecule has 5 heteroatoms. The van der Waals surface area contributed by atoms with Crippen LogP contribution in [0.1, 0.15) is 18.2 Å². The van der Waals surface area contributed by atoms with Crippen molar-refractivity contribution < 1.29 is 0 Å². The molecule has 0 spiro atoms. The second-order valence-electron chi connectivity index (χ2n) is 4.32. The zero-order valence-corrected chi connectivity index (χ0v) is 11.1. The van der Waals surface area contributed by atoms with Crippen LogP contribution in [0, 0.1) is 6.92 Å². The Morgan fingerprint density at radius 2 is 2.00 bits per heavy atom. The van der Waals surface area contributed by atoms with E-state index in [0.29, 0.717) is 0 Å². The van der Waals surface area contributed by atoms with Crippen LogP contribution in [-0.2, 0) is 13.6 Å². The number of aryl methyl sites for hydroxylation is 2. The summed E-state index contributed by atoms with van der Waals surface area (Å²) in [7, 11) is 1.92. The molecule has 0 saturated carbocycles. The first-order chi connectivity index (χ1) is 8.63. The fraction of sp³-hybridized carbons (Fsp3) is 0.385. The highest BCUT2D eigenvalue weighted by Crippen LogP contribution is 2.26. The van der Waals surface area contributed by atoms with Gasteiger partial charge in [0.15, 0.2) is 5.82 Å². The molecule has 0 fully saturated rings. The molecule has 18 heavy (non-hydrogen) atoms. The van der Waals surface area contributed by atoms with Gasteiger partial charge in [-0.3, -0.25) is 9.67 Å². The predicted octanol–water partition coefficient (Wildman–Crippen LogP) is 1.73. The molecule has 0 atom stereocenters. The summed E-state index contributed by atoms with van der Waals surface area (Å²) >= 11 is 0. The van der Waals surface area contributed by atoms with Crippen LogP contribution in [0.4, 0.5) is 11.5 Å². The molecule has 2 N–H and O–H groups in total. The van der Waals surface area contributed by atoms with E-state index in [2.05, 4.69) is 21.9 Å². The SMILES string of the molecule is CCN(Cc1ccncc1)c1c(N)c(C)nn1C. The Labute approximate surface area is 107 Å². The van der Waals surface area contributed by atoms with Gasteiger partial charge >= 0.3 is 0 Å². The lowest BCUT2D eigenvalue weighted by Crippen LogP contribution is -2.25. The third-order valence-electron chi connectivity index (χ3n) is 3.04. The van der Waals surface area contributed by atoms with Crippen molar-refractivity contribution in [2.45, 2.75) is 20.4 Å². The summed E-state index contributed by atoms with van der Waals surface area (Å²) < 4.78 is 1.84. The van der Waals surface area contributed by atoms with Gasteiger partial charge in [0.1, 0.15) is 0 Å². The number of hydrogen-bond acceptors (Lipinski definition) is 4. The van der Waals surface area contributed by atoms with E-state index in [0.717, 1.165) is 30.3 Å². The zero-order chi connectivity index (χ0) is 13.1. The summed E-state index contributed by atoms with van der Waals surface area (Å²) in [4.78, 5) is 6.24. The van der Waals surface area contributed by atoms with Crippen molar-refractivity contribution in [3.63, 3.8) is 0 Å². The molecule has 2 aromatic heterocycles. The Morgan fingerprint density at radius 1 is 1.33 bits per heavy atom. The highest BCUT2D eigenvalue weighted by atomic mass is 15.4. The largest absolute Gasteiger partial charge is 0.394 e. The van der Waals surface area contributed by atoms with Crippen LogP contribution in [0.5, 0.6) is 0 Å². The number of nitrogen functional groups attached to an aromatic ring is 1. The van der Waals surface area contributed by atoms with Crippen LogP contribution in [0.2, 0.25) is 0 Å². The molecule has 0 aliphatic rings. The average Bonchev–Trinajstić information content (AvgIpc) is 2.62. The predicted molar refractivity (Wildman–Crippen MR) is 73.3 cm³/mol. The lowest BCUT2D eigenvalue weighted by molar-refractivity contribution is 0.705. The Kier molecular flexibility index (Phi) is 3.50. The van der Waals surface area contributed by atoms with Gasteiger partial charge in [-0.05, 0) is 31.5 Å². The Morgan fingerprint density at radius 3 is 2.50 bits per heavy atom. The van der Waals surface area contributed by atoms with Crippen molar-refractivity contribution in [3.05, 3.63) is 35.8 Å². The number of rotatable bonds is 4. The van der Waals surface area contributed by atoms with Gasteiger partial charge in [0.2, 0.25) is 0 Å². The van der Waals surface area contributed by atoms with Gasteiger partial charge < -0.3 is 10.6 Å². The van der Waals surface area contributed by atoms with E-state index in [1.807, 2.05) is 30.8 Å². The standard InChI is InChI=1S/C13H19N5/c1-4-18(9-11-5-7-15-8-6-11)13-12(14)10(2)16-17(13)3/h5-8H,4,9,14H2,1-3H3. The van der Waals surface area contributed by atoms with Crippen LogP contribution >= 0.6 is 0 Å². The second-order valence-corrected chi connectivity index (χ2v) is 4.32. The molecule has 0 aliphatic heterocycles. The normalized spacial score (nSPS) is 10.6. The van der Waals surface area contributed by atoms with Gasteiger partial charge in [-0.1, -0.05) is 0 Å². The monoisotopic (exact) mass is 245 g/mol. The van der Waals surface area contributed by atoms with Gasteiger partial charge in [-0.15, -0.1) is 0 Å². The summed E-state index contributed by atoms with van der Waals surface area (Å²) in [6.45, 7) is 5.73. The van der Waals surface area contributed by atoms with Crippen LogP contribution in [0.25, 0.3) is 0 Å². The molecule has 0 bridgehead atoms. The van der Waals surface area contributed by atoms with E-state index in [9.17, 15) is 0 Å². The maximum absolute atomic E-state index is 6.10. The molecule has 0 unspecified atom stereocenters. The van der Waals surface area contributed by atoms with E-state index in [1.165, 1.54) is 5.56 Å². The quantitative estimate of drug-likeness (QED) is 0.891. The minimum absolute atomic E-state index is 0.758. The molecule has 2 aromatic rings. The topological polar surface area (TPSA) is 60.0 Å². The maximum Gasteiger partial charge on any atom is 0.150 e. The van der Waals surface area contributed by atoms with Gasteiger partial charge in [0.25, 0.3) is 0 Å². The van der Waals surface area contributed by atoms with Gasteiger partial charge in [-0.2, -0.15) is 5.10 Å². The first-order valence-corrected chi connectivity index (χ1v) is 6.06. The smallest absolute Gasteiger partial charge is 0.150 e. The number of anilines is 2. The Balaban J connectivity index is 2.29. The second kappa shape index (κ2) is 5.08. The molecule has 2 rings (SSSR count). The highest BCUT2D eigenvalue weighted by molar-refractivity contribution is 5.66. The highest BCUT2D eigenvalue weighted by Gasteiger charge is 2.16. The summed E-state index contributed by atoms with van der Waals surface area (Å²) in [5.41, 5.74) is 8.94. The summed E-state index contributed by atoms with van der Waals surface area (Å²) in [5, 5.41) is 4.36. The van der Waals surface area contributed by atoms with Crippen LogP contribution < -0.4 is 10.6 Å². The van der Waals surface area contributed by atoms with E-state index < -0.39 is 0 Å². The van der Waals surface area contributed by atoms with Crippen LogP contribution in [0.3, 0.4) is 0 Å². The molecule has 2 heterocycles. The van der Waals surface area contributed by atoms with Gasteiger partial charge in [0.05, 0.1) is 11.4 Å². The fourth-order valence-corrected chi connectivity index (χ4v) is 2.08. The lowest BCUT2D eigenvalue weighted by Gasteiger charge is -2.23. The minimum atomic E-state index is 0.758. The molecule has 0 aromatic carbocycles. The fourth-order valence-electron chi connectivity index (χ4n) is 2.08. The first-order valence-electron chi connectivity index (χ1n) is 6.06. The maximum atomic E-state index is 6.10. The summed E-state index contributed by atoms with van der Waals surface area (Å²) in [6, 6.07) is 4.03. The van der Waals surface area contributed by atoms with Crippen molar-refractivity contribution in [3.8, 4) is 0 Å². The van der Waals surface area contributed by atoms with Crippen molar-refractivity contribution in [1.29, 1.82) is 0 Å². The number of nitrogens with two attached hydrogens (primary N) is 1. The van der Waals surface area contributed by atoms with Crippen molar-refractivity contribution >= 4 is 11.5 Å². The number of pyridine rings is 1. The van der Waals surface area contributed by atoms with Gasteiger partial charge in [-0.25, -0.2) is 0 Å². The van der Waals surface area contributed by atoms with Crippen molar-refractivity contribution in [1.82, 2.24) is 14.8 Å². The van der Waals surface area contributed by atoms with Gasteiger partial charge in [0, 0.05) is 32.5 Å².